The number of aromatic carboxylic acids is 2. The van der Waals surface area contributed by atoms with Gasteiger partial charge in [0.05, 0.1) is 19.7 Å². The fourth-order valence-electron chi connectivity index (χ4n) is 1.90. The van der Waals surface area contributed by atoms with Crippen LogP contribution in [0.3, 0.4) is 0 Å². The minimum Gasteiger partial charge on any atom is -0.478 e. The summed E-state index contributed by atoms with van der Waals surface area (Å²) in [5.74, 6) is -2.26. The van der Waals surface area contributed by atoms with Gasteiger partial charge in [-0.25, -0.2) is 9.59 Å². The van der Waals surface area contributed by atoms with Crippen LogP contribution in [-0.2, 0) is 0 Å². The van der Waals surface area contributed by atoms with Crippen LogP contribution < -0.4 is 5.73 Å². The van der Waals surface area contributed by atoms with Crippen LogP contribution in [0.5, 0.6) is 0 Å². The molecule has 4 N–H and O–H groups in total. The number of nitrogens with two attached hydrogens (primary N) is 1. The van der Waals surface area contributed by atoms with Crippen molar-refractivity contribution in [3.63, 3.8) is 0 Å². The first-order valence-corrected chi connectivity index (χ1v) is 9.09. The zero-order valence-electron chi connectivity index (χ0n) is 13.6. The molecule has 0 unspecified atom stereocenters. The number of hydrogen-bond donors (Lipinski definition) is 3. The maximum Gasteiger partial charge on any atom is 0.342 e. The number of anilines is 1. The summed E-state index contributed by atoms with van der Waals surface area (Å²) >= 11 is 3.81. The van der Waals surface area contributed by atoms with E-state index in [-0.39, 0.29) is 16.8 Å². The third-order valence-corrected chi connectivity index (χ3v) is 6.12. The number of hydrogen-bond acceptors (Lipinski definition) is 5. The monoisotopic (exact) mass is 584 g/mol. The number of carboxylic acids is 2. The predicted octanol–water partition coefficient (Wildman–Crippen LogP) is 4.09. The van der Waals surface area contributed by atoms with E-state index in [9.17, 15) is 19.7 Å². The van der Waals surface area contributed by atoms with Crippen molar-refractivity contribution >= 4 is 68.5 Å². The molecule has 138 valence electrons. The molecule has 10 heteroatoms. The topological polar surface area (TPSA) is 144 Å². The zero-order valence-corrected chi connectivity index (χ0v) is 17.9. The molecule has 0 aliphatic rings. The number of carboxylic acid groups (broad SMARTS) is 2. The van der Waals surface area contributed by atoms with E-state index in [1.165, 1.54) is 12.1 Å². The molecule has 0 saturated heterocycles. The van der Waals surface area contributed by atoms with Crippen molar-refractivity contribution in [3.05, 3.63) is 63.8 Å². The third kappa shape index (κ3) is 5.03. The summed E-state index contributed by atoms with van der Waals surface area (Å²) < 4.78 is 1.18. The van der Waals surface area contributed by atoms with Crippen molar-refractivity contribution in [1.29, 1.82) is 0 Å². The minimum atomic E-state index is -1.28. The third-order valence-electron chi connectivity index (χ3n) is 3.33. The highest BCUT2D eigenvalue weighted by Crippen LogP contribution is 2.28. The number of halogens is 2. The Kier molecular flexibility index (Phi) is 7.74. The smallest absolute Gasteiger partial charge is 0.342 e. The highest BCUT2D eigenvalue weighted by atomic mass is 127. The first kappa shape index (κ1) is 22.1. The second-order valence-corrected chi connectivity index (χ2v) is 7.28. The van der Waals surface area contributed by atoms with Crippen LogP contribution in [0.25, 0.3) is 0 Å². The van der Waals surface area contributed by atoms with Crippen molar-refractivity contribution in [2.75, 3.05) is 5.73 Å². The standard InChI is InChI=1S/C8H6INO4.C8H8INO2/c1-4-2-3-5(8(11)12)7(6(4)9)10(13)14;1-4-2-3-5(8(11)12)7(10)6(4)9/h2-3H,1H3,(H,11,12);2-3H,10H2,1H3,(H,11,12). The SMILES string of the molecule is Cc1ccc(C(=O)O)c(N)c1I.Cc1ccc(C(=O)O)c([N+](=O)[O-])c1I. The lowest BCUT2D eigenvalue weighted by Crippen LogP contribution is -2.05. The van der Waals surface area contributed by atoms with Gasteiger partial charge in [-0.3, -0.25) is 10.1 Å². The average molecular weight is 584 g/mol. The van der Waals surface area contributed by atoms with Gasteiger partial charge >= 0.3 is 11.9 Å². The second kappa shape index (κ2) is 9.12. The normalized spacial score (nSPS) is 9.85. The Morgan fingerprint density at radius 1 is 0.962 bits per heavy atom. The molecule has 0 aliphatic carbocycles. The number of aryl methyl sites for hydroxylation is 2. The van der Waals surface area contributed by atoms with Gasteiger partial charge in [0.15, 0.2) is 0 Å². The van der Waals surface area contributed by atoms with Crippen LogP contribution in [-0.4, -0.2) is 27.1 Å². The fraction of sp³-hybridized carbons (Fsp3) is 0.125. The van der Waals surface area contributed by atoms with E-state index in [4.69, 9.17) is 15.9 Å². The van der Waals surface area contributed by atoms with Crippen LogP contribution in [0.15, 0.2) is 24.3 Å². The quantitative estimate of drug-likeness (QED) is 0.214. The highest BCUT2D eigenvalue weighted by molar-refractivity contribution is 14.1. The van der Waals surface area contributed by atoms with Gasteiger partial charge in [0.25, 0.3) is 5.69 Å². The van der Waals surface area contributed by atoms with Crippen molar-refractivity contribution in [1.82, 2.24) is 0 Å². The summed E-state index contributed by atoms with van der Waals surface area (Å²) in [5, 5.41) is 28.1. The molecule has 0 saturated carbocycles. The van der Waals surface area contributed by atoms with Gasteiger partial charge in [-0.1, -0.05) is 12.1 Å². The molecule has 0 amide bonds. The summed E-state index contributed by atoms with van der Waals surface area (Å²) in [5.41, 5.74) is 7.20. The van der Waals surface area contributed by atoms with Gasteiger partial charge in [-0.05, 0) is 82.3 Å². The van der Waals surface area contributed by atoms with Crippen LogP contribution in [0, 0.1) is 31.1 Å². The molecule has 8 nitrogen and oxygen atoms in total. The van der Waals surface area contributed by atoms with Gasteiger partial charge < -0.3 is 15.9 Å². The summed E-state index contributed by atoms with van der Waals surface area (Å²) in [6, 6.07) is 6.08. The number of nitro benzene ring substituents is 1. The molecule has 0 aromatic heterocycles. The first-order valence-electron chi connectivity index (χ1n) is 6.93. The Labute approximate surface area is 175 Å². The number of nitrogen functional groups attached to an aromatic ring is 1. The number of carbonyl (C=O) groups is 2. The van der Waals surface area contributed by atoms with Crippen LogP contribution >= 0.6 is 45.2 Å². The number of nitrogens with zero attached hydrogens (tertiary/aromatic N) is 1. The number of rotatable bonds is 3. The fourth-order valence-corrected chi connectivity index (χ4v) is 3.04. The molecule has 0 bridgehead atoms. The largest absolute Gasteiger partial charge is 0.478 e. The van der Waals surface area contributed by atoms with Gasteiger partial charge in [0.2, 0.25) is 0 Å². The van der Waals surface area contributed by atoms with E-state index >= 15 is 0 Å². The van der Waals surface area contributed by atoms with Crippen LogP contribution in [0.1, 0.15) is 31.8 Å². The predicted molar refractivity (Wildman–Crippen MR) is 113 cm³/mol. The molecule has 0 atom stereocenters. The molecule has 26 heavy (non-hydrogen) atoms. The van der Waals surface area contributed by atoms with E-state index in [2.05, 4.69) is 0 Å². The second-order valence-electron chi connectivity index (χ2n) is 5.12. The van der Waals surface area contributed by atoms with Gasteiger partial charge in [0, 0.05) is 3.57 Å². The van der Waals surface area contributed by atoms with Crippen molar-refractivity contribution in [3.8, 4) is 0 Å². The Morgan fingerprint density at radius 3 is 1.81 bits per heavy atom. The maximum atomic E-state index is 10.7. The summed E-state index contributed by atoms with van der Waals surface area (Å²) in [6.07, 6.45) is 0. The number of nitro groups is 1. The average Bonchev–Trinajstić information content (AvgIpc) is 2.54. The van der Waals surface area contributed by atoms with E-state index in [1.807, 2.05) is 29.5 Å². The molecule has 0 heterocycles. The van der Waals surface area contributed by atoms with Crippen LogP contribution in [0.2, 0.25) is 0 Å². The molecule has 0 fully saturated rings. The maximum absolute atomic E-state index is 10.7. The molecule has 2 aromatic rings. The molecule has 0 spiro atoms. The van der Waals surface area contributed by atoms with Crippen LogP contribution in [0.4, 0.5) is 11.4 Å². The van der Waals surface area contributed by atoms with Gasteiger partial charge in [-0.15, -0.1) is 0 Å². The van der Waals surface area contributed by atoms with E-state index in [1.54, 1.807) is 41.6 Å². The molecule has 2 rings (SSSR count). The molecule has 0 radical (unpaired) electrons. The van der Waals surface area contributed by atoms with E-state index in [0.717, 1.165) is 9.13 Å². The van der Waals surface area contributed by atoms with Crippen molar-refractivity contribution < 1.29 is 24.7 Å². The van der Waals surface area contributed by atoms with E-state index in [0.29, 0.717) is 14.8 Å². The highest BCUT2D eigenvalue weighted by Gasteiger charge is 2.24. The summed E-state index contributed by atoms with van der Waals surface area (Å²) in [6.45, 7) is 3.59. The Hall–Kier alpha value is -1.96. The summed E-state index contributed by atoms with van der Waals surface area (Å²) in [7, 11) is 0. The Balaban J connectivity index is 0.000000263. The lowest BCUT2D eigenvalue weighted by molar-refractivity contribution is -0.386. The molecule has 2 aromatic carbocycles. The summed E-state index contributed by atoms with van der Waals surface area (Å²) in [4.78, 5) is 31.3. The van der Waals surface area contributed by atoms with Gasteiger partial charge in [0.1, 0.15) is 5.56 Å². The Bertz CT molecular complexity index is 899. The minimum absolute atomic E-state index is 0.171. The Morgan fingerprint density at radius 2 is 1.38 bits per heavy atom. The van der Waals surface area contributed by atoms with Crippen molar-refractivity contribution in [2.24, 2.45) is 0 Å². The lowest BCUT2D eigenvalue weighted by Gasteiger charge is -2.05. The van der Waals surface area contributed by atoms with Crippen molar-refractivity contribution in [2.45, 2.75) is 13.8 Å². The molecular formula is C16H14I2N2O6. The van der Waals surface area contributed by atoms with E-state index < -0.39 is 16.9 Å². The zero-order chi connectivity index (χ0) is 20.2. The molecule has 0 aliphatic heterocycles. The molecular weight excluding hydrogens is 570 g/mol. The number of benzene rings is 2. The first-order chi connectivity index (χ1) is 12.0. The lowest BCUT2D eigenvalue weighted by atomic mass is 10.1. The van der Waals surface area contributed by atoms with Gasteiger partial charge in [-0.2, -0.15) is 0 Å².